The maximum absolute atomic E-state index is 11.9. The molecule has 1 aliphatic heterocycles. The molecule has 3 saturated carbocycles. The summed E-state index contributed by atoms with van der Waals surface area (Å²) in [4.78, 5) is 11.9. The highest BCUT2D eigenvalue weighted by Crippen LogP contribution is 2.70. The zero-order chi connectivity index (χ0) is 19.2. The van der Waals surface area contributed by atoms with Crippen molar-refractivity contribution in [2.24, 2.45) is 28.6 Å². The summed E-state index contributed by atoms with van der Waals surface area (Å²) in [6.07, 6.45) is 7.71. The molecule has 0 radical (unpaired) electrons. The van der Waals surface area contributed by atoms with Crippen molar-refractivity contribution in [3.63, 3.8) is 0 Å². The quantitative estimate of drug-likeness (QED) is 0.536. The number of hydrogen-bond acceptors (Lipinski definition) is 6. The molecular weight excluding hydrogens is 348 g/mol. The van der Waals surface area contributed by atoms with E-state index in [0.717, 1.165) is 24.8 Å². The van der Waals surface area contributed by atoms with Crippen LogP contribution in [0.1, 0.15) is 39.0 Å². The molecule has 148 valence electrons. The fourth-order valence-corrected chi connectivity index (χ4v) is 7.54. The molecule has 5 aliphatic rings. The third kappa shape index (κ3) is 1.91. The van der Waals surface area contributed by atoms with Gasteiger partial charge in [-0.3, -0.25) is 4.79 Å². The van der Waals surface area contributed by atoms with Crippen LogP contribution < -0.4 is 0 Å². The van der Waals surface area contributed by atoms with Crippen LogP contribution in [0.4, 0.5) is 0 Å². The molecule has 1 heterocycles. The average molecular weight is 376 g/mol. The van der Waals surface area contributed by atoms with Gasteiger partial charge >= 0.3 is 0 Å². The molecule has 8 atom stereocenters. The van der Waals surface area contributed by atoms with Gasteiger partial charge in [-0.15, -0.1) is 0 Å². The Labute approximate surface area is 158 Å². The standard InChI is InChI=1S/C21H28O6/c1-18-6-4-13(23)8-12(18)2-3-14-15-5-7-20(25)19(15,9-16(24)17(14)18)11-27-21(20,26)10-22/h4,6,8,14-17,22,24-26H,2-3,5,7,9-11H2,1H3/t14-,15-,16-,17+,18-,19+,20+,21+/m0/s1. The second kappa shape index (κ2) is 5.30. The van der Waals surface area contributed by atoms with Crippen LogP contribution in [-0.2, 0) is 9.53 Å². The van der Waals surface area contributed by atoms with E-state index in [2.05, 4.69) is 6.92 Å². The summed E-state index contributed by atoms with van der Waals surface area (Å²) >= 11 is 0. The SMILES string of the molecule is C[C@]12C=CC(=O)C=C1CC[C@@H]1[C@@H]2[C@@H](O)C[C@]23CO[C@](O)(CO)[C@@]2(O)CC[C@@H]13. The van der Waals surface area contributed by atoms with Crippen molar-refractivity contribution >= 4 is 5.78 Å². The van der Waals surface area contributed by atoms with Crippen molar-refractivity contribution < 1.29 is 30.0 Å². The lowest BCUT2D eigenvalue weighted by atomic mass is 9.46. The van der Waals surface area contributed by atoms with Gasteiger partial charge in [0, 0.05) is 16.7 Å². The summed E-state index contributed by atoms with van der Waals surface area (Å²) in [5.74, 6) is -1.69. The molecule has 6 nitrogen and oxygen atoms in total. The molecule has 0 aromatic rings. The number of carbonyl (C=O) groups is 1. The predicted octanol–water partition coefficient (Wildman–Crippen LogP) is 0.687. The topological polar surface area (TPSA) is 107 Å². The first-order chi connectivity index (χ1) is 12.7. The Morgan fingerprint density at radius 3 is 2.81 bits per heavy atom. The lowest BCUT2D eigenvalue weighted by Crippen LogP contribution is -2.64. The van der Waals surface area contributed by atoms with Gasteiger partial charge in [-0.25, -0.2) is 0 Å². The van der Waals surface area contributed by atoms with E-state index in [1.807, 2.05) is 6.08 Å². The zero-order valence-electron chi connectivity index (χ0n) is 15.6. The van der Waals surface area contributed by atoms with E-state index in [9.17, 15) is 25.2 Å². The Morgan fingerprint density at radius 2 is 2.07 bits per heavy atom. The highest BCUT2D eigenvalue weighted by atomic mass is 16.7. The summed E-state index contributed by atoms with van der Waals surface area (Å²) in [7, 11) is 0. The lowest BCUT2D eigenvalue weighted by Gasteiger charge is -2.59. The van der Waals surface area contributed by atoms with Crippen molar-refractivity contribution in [2.45, 2.75) is 56.5 Å². The molecule has 0 bridgehead atoms. The van der Waals surface area contributed by atoms with Crippen LogP contribution in [0.5, 0.6) is 0 Å². The van der Waals surface area contributed by atoms with Crippen molar-refractivity contribution in [1.29, 1.82) is 0 Å². The first kappa shape index (κ1) is 18.0. The fourth-order valence-electron chi connectivity index (χ4n) is 7.54. The van der Waals surface area contributed by atoms with E-state index in [0.29, 0.717) is 12.8 Å². The normalized spacial score (nSPS) is 56.2. The molecular formula is C21H28O6. The first-order valence-electron chi connectivity index (χ1n) is 10.0. The van der Waals surface area contributed by atoms with Gasteiger partial charge in [0.1, 0.15) is 12.2 Å². The molecule has 6 heteroatoms. The summed E-state index contributed by atoms with van der Waals surface area (Å²) < 4.78 is 5.57. The lowest BCUT2D eigenvalue weighted by molar-refractivity contribution is -0.280. The number of aliphatic hydroxyl groups excluding tert-OH is 2. The summed E-state index contributed by atoms with van der Waals surface area (Å²) in [6.45, 7) is 1.60. The number of allylic oxidation sites excluding steroid dienone is 4. The van der Waals surface area contributed by atoms with Crippen molar-refractivity contribution in [3.05, 3.63) is 23.8 Å². The van der Waals surface area contributed by atoms with Gasteiger partial charge in [0.15, 0.2) is 5.78 Å². The van der Waals surface area contributed by atoms with Crippen molar-refractivity contribution in [2.75, 3.05) is 13.2 Å². The number of rotatable bonds is 1. The van der Waals surface area contributed by atoms with E-state index in [1.54, 1.807) is 12.2 Å². The molecule has 5 rings (SSSR count). The molecule has 4 aliphatic carbocycles. The maximum Gasteiger partial charge on any atom is 0.219 e. The summed E-state index contributed by atoms with van der Waals surface area (Å²) in [5.41, 5.74) is -1.54. The Bertz CT molecular complexity index is 760. The first-order valence-corrected chi connectivity index (χ1v) is 10.0. The van der Waals surface area contributed by atoms with Crippen LogP contribution in [0.15, 0.2) is 23.8 Å². The molecule has 4 fully saturated rings. The van der Waals surface area contributed by atoms with Gasteiger partial charge in [-0.1, -0.05) is 18.6 Å². The van der Waals surface area contributed by atoms with E-state index in [4.69, 9.17) is 4.74 Å². The fraction of sp³-hybridized carbons (Fsp3) is 0.762. The minimum atomic E-state index is -1.96. The van der Waals surface area contributed by atoms with E-state index >= 15 is 0 Å². The highest BCUT2D eigenvalue weighted by molar-refractivity contribution is 6.01. The number of fused-ring (bicyclic) bond motifs is 4. The molecule has 0 amide bonds. The predicted molar refractivity (Wildman–Crippen MR) is 95.3 cm³/mol. The molecule has 1 spiro atoms. The van der Waals surface area contributed by atoms with Crippen LogP contribution in [0.25, 0.3) is 0 Å². The van der Waals surface area contributed by atoms with Gasteiger partial charge in [-0.2, -0.15) is 0 Å². The number of ketones is 1. The minimum absolute atomic E-state index is 0.00939. The van der Waals surface area contributed by atoms with Crippen LogP contribution >= 0.6 is 0 Å². The van der Waals surface area contributed by atoms with E-state index in [-0.39, 0.29) is 35.6 Å². The number of ether oxygens (including phenoxy) is 1. The van der Waals surface area contributed by atoms with Crippen LogP contribution in [0, 0.1) is 28.6 Å². The third-order valence-electron chi connectivity index (χ3n) is 8.79. The molecule has 0 aromatic heterocycles. The number of hydrogen-bond donors (Lipinski definition) is 4. The van der Waals surface area contributed by atoms with E-state index < -0.39 is 29.5 Å². The van der Waals surface area contributed by atoms with Crippen LogP contribution in [0.3, 0.4) is 0 Å². The Balaban J connectivity index is 1.57. The highest BCUT2D eigenvalue weighted by Gasteiger charge is 2.77. The second-order valence-corrected chi connectivity index (χ2v) is 9.58. The minimum Gasteiger partial charge on any atom is -0.393 e. The summed E-state index contributed by atoms with van der Waals surface area (Å²) in [5, 5.41) is 43.2. The molecule has 27 heavy (non-hydrogen) atoms. The average Bonchev–Trinajstić information content (AvgIpc) is 3.04. The molecule has 0 unspecified atom stereocenters. The Kier molecular flexibility index (Phi) is 3.54. The molecule has 1 saturated heterocycles. The Hall–Kier alpha value is -1.05. The number of aliphatic hydroxyl groups is 4. The maximum atomic E-state index is 11.9. The molecule has 0 aromatic carbocycles. The van der Waals surface area contributed by atoms with Crippen molar-refractivity contribution in [3.8, 4) is 0 Å². The van der Waals surface area contributed by atoms with Gasteiger partial charge in [0.05, 0.1) is 12.7 Å². The number of carbonyl (C=O) groups excluding carboxylic acids is 1. The van der Waals surface area contributed by atoms with Crippen molar-refractivity contribution in [1.82, 2.24) is 0 Å². The van der Waals surface area contributed by atoms with Crippen LogP contribution in [-0.4, -0.2) is 56.9 Å². The van der Waals surface area contributed by atoms with Gasteiger partial charge in [-0.05, 0) is 56.1 Å². The third-order valence-corrected chi connectivity index (χ3v) is 8.79. The smallest absolute Gasteiger partial charge is 0.219 e. The van der Waals surface area contributed by atoms with Crippen LogP contribution in [0.2, 0.25) is 0 Å². The molecule has 4 N–H and O–H groups in total. The van der Waals surface area contributed by atoms with Gasteiger partial charge < -0.3 is 25.2 Å². The zero-order valence-corrected chi connectivity index (χ0v) is 15.6. The monoisotopic (exact) mass is 376 g/mol. The summed E-state index contributed by atoms with van der Waals surface area (Å²) in [6, 6.07) is 0. The largest absolute Gasteiger partial charge is 0.393 e. The Morgan fingerprint density at radius 1 is 1.30 bits per heavy atom. The second-order valence-electron chi connectivity index (χ2n) is 9.58. The van der Waals surface area contributed by atoms with Gasteiger partial charge in [0.2, 0.25) is 5.79 Å². The van der Waals surface area contributed by atoms with Gasteiger partial charge in [0.25, 0.3) is 0 Å². The van der Waals surface area contributed by atoms with E-state index in [1.165, 1.54) is 0 Å².